The number of hydrogen-bond donors (Lipinski definition) is 1. The Hall–Kier alpha value is -3.80. The number of rotatable bonds is 5. The van der Waals surface area contributed by atoms with Gasteiger partial charge in [0.2, 0.25) is 0 Å². The first kappa shape index (κ1) is 22.4. The maximum absolute atomic E-state index is 13.4. The molecule has 2 heterocycles. The van der Waals surface area contributed by atoms with E-state index in [0.29, 0.717) is 31.0 Å². The zero-order valence-corrected chi connectivity index (χ0v) is 18.1. The van der Waals surface area contributed by atoms with E-state index >= 15 is 0 Å². The number of ether oxygens (including phenoxy) is 1. The van der Waals surface area contributed by atoms with Gasteiger partial charge in [-0.3, -0.25) is 0 Å². The first-order valence-electron chi connectivity index (χ1n) is 10.5. The molecule has 0 radical (unpaired) electrons. The summed E-state index contributed by atoms with van der Waals surface area (Å²) >= 11 is 0. The minimum atomic E-state index is -4.59. The molecular formula is C24H22F3N5O. The molecular weight excluding hydrogens is 431 g/mol. The van der Waals surface area contributed by atoms with Crippen molar-refractivity contribution in [3.05, 3.63) is 71.2 Å². The van der Waals surface area contributed by atoms with E-state index in [2.05, 4.69) is 15.3 Å². The molecule has 1 aliphatic heterocycles. The normalized spacial score (nSPS) is 13.4. The second-order valence-electron chi connectivity index (χ2n) is 7.97. The van der Waals surface area contributed by atoms with Crippen LogP contribution in [0.2, 0.25) is 0 Å². The molecule has 33 heavy (non-hydrogen) atoms. The Bertz CT molecular complexity index is 1190. The fraction of sp³-hybridized carbons (Fsp3) is 0.292. The number of halogens is 3. The summed E-state index contributed by atoms with van der Waals surface area (Å²) in [5.74, 6) is 1.45. The Kier molecular flexibility index (Phi) is 6.09. The summed E-state index contributed by atoms with van der Waals surface area (Å²) in [6.07, 6.45) is -2.50. The minimum absolute atomic E-state index is 0.0870. The maximum Gasteiger partial charge on any atom is 0.417 e. The SMILES string of the molecule is CC(C)Oc1ccc(Nc2ncnc3c2CCN(c2ccc(C#N)c(C(F)(F)F)c2)C3)cc1. The lowest BCUT2D eigenvalue weighted by atomic mass is 10.0. The molecule has 1 aromatic heterocycles. The average molecular weight is 453 g/mol. The number of fused-ring (bicyclic) bond motifs is 1. The summed E-state index contributed by atoms with van der Waals surface area (Å²) in [6, 6.07) is 13.0. The van der Waals surface area contributed by atoms with Crippen molar-refractivity contribution in [1.29, 1.82) is 5.26 Å². The Morgan fingerprint density at radius 3 is 2.55 bits per heavy atom. The van der Waals surface area contributed by atoms with Gasteiger partial charge in [0.15, 0.2) is 0 Å². The molecule has 0 atom stereocenters. The van der Waals surface area contributed by atoms with Crippen LogP contribution in [0.1, 0.15) is 36.2 Å². The molecule has 0 fully saturated rings. The third kappa shape index (κ3) is 5.00. The molecule has 9 heteroatoms. The largest absolute Gasteiger partial charge is 0.491 e. The lowest BCUT2D eigenvalue weighted by molar-refractivity contribution is -0.137. The van der Waals surface area contributed by atoms with E-state index in [9.17, 15) is 13.2 Å². The van der Waals surface area contributed by atoms with Crippen LogP contribution in [0.25, 0.3) is 0 Å². The summed E-state index contributed by atoms with van der Waals surface area (Å²) in [4.78, 5) is 10.6. The Balaban J connectivity index is 1.54. The van der Waals surface area contributed by atoms with E-state index in [1.807, 2.05) is 43.0 Å². The molecule has 0 amide bonds. The predicted molar refractivity (Wildman–Crippen MR) is 118 cm³/mol. The van der Waals surface area contributed by atoms with E-state index in [1.54, 1.807) is 12.1 Å². The van der Waals surface area contributed by atoms with Crippen molar-refractivity contribution >= 4 is 17.2 Å². The highest BCUT2D eigenvalue weighted by molar-refractivity contribution is 5.63. The van der Waals surface area contributed by atoms with Crippen molar-refractivity contribution in [1.82, 2.24) is 9.97 Å². The molecule has 1 aliphatic rings. The highest BCUT2D eigenvalue weighted by atomic mass is 19.4. The van der Waals surface area contributed by atoms with Gasteiger partial charge in [0.25, 0.3) is 0 Å². The fourth-order valence-electron chi connectivity index (χ4n) is 3.77. The van der Waals surface area contributed by atoms with Crippen molar-refractivity contribution in [2.24, 2.45) is 0 Å². The first-order chi connectivity index (χ1) is 15.7. The summed E-state index contributed by atoms with van der Waals surface area (Å²) in [6.45, 7) is 4.77. The van der Waals surface area contributed by atoms with Gasteiger partial charge in [-0.1, -0.05) is 0 Å². The van der Waals surface area contributed by atoms with Gasteiger partial charge < -0.3 is 15.0 Å². The third-order valence-electron chi connectivity index (χ3n) is 5.29. The Morgan fingerprint density at radius 1 is 1.12 bits per heavy atom. The van der Waals surface area contributed by atoms with Gasteiger partial charge in [0.1, 0.15) is 17.9 Å². The molecule has 3 aromatic rings. The molecule has 1 N–H and O–H groups in total. The summed E-state index contributed by atoms with van der Waals surface area (Å²) in [5, 5.41) is 12.3. The summed E-state index contributed by atoms with van der Waals surface area (Å²) in [5.41, 5.74) is 1.61. The zero-order chi connectivity index (χ0) is 23.6. The van der Waals surface area contributed by atoms with Crippen LogP contribution in [-0.4, -0.2) is 22.6 Å². The van der Waals surface area contributed by atoms with Crippen LogP contribution in [0, 0.1) is 11.3 Å². The monoisotopic (exact) mass is 453 g/mol. The van der Waals surface area contributed by atoms with Crippen LogP contribution < -0.4 is 15.0 Å². The van der Waals surface area contributed by atoms with Crippen LogP contribution in [0.5, 0.6) is 5.75 Å². The number of nitriles is 1. The highest BCUT2D eigenvalue weighted by Gasteiger charge is 2.34. The van der Waals surface area contributed by atoms with Crippen molar-refractivity contribution in [2.75, 3.05) is 16.8 Å². The number of alkyl halides is 3. The smallest absolute Gasteiger partial charge is 0.417 e. The number of aromatic nitrogens is 2. The first-order valence-corrected chi connectivity index (χ1v) is 10.5. The molecule has 170 valence electrons. The van der Waals surface area contributed by atoms with Gasteiger partial charge in [0, 0.05) is 23.5 Å². The molecule has 0 unspecified atom stereocenters. The van der Waals surface area contributed by atoms with Crippen LogP contribution in [0.15, 0.2) is 48.8 Å². The highest BCUT2D eigenvalue weighted by Crippen LogP contribution is 2.36. The molecule has 0 saturated heterocycles. The quantitative estimate of drug-likeness (QED) is 0.553. The van der Waals surface area contributed by atoms with Gasteiger partial charge in [-0.05, 0) is 62.7 Å². The molecule has 2 aromatic carbocycles. The topological polar surface area (TPSA) is 74.1 Å². The van der Waals surface area contributed by atoms with Crippen molar-refractivity contribution in [3.63, 3.8) is 0 Å². The Morgan fingerprint density at radius 2 is 1.88 bits per heavy atom. The van der Waals surface area contributed by atoms with Crippen LogP contribution in [-0.2, 0) is 19.1 Å². The zero-order valence-electron chi connectivity index (χ0n) is 18.1. The average Bonchev–Trinajstić information content (AvgIpc) is 2.79. The lowest BCUT2D eigenvalue weighted by Gasteiger charge is -2.31. The molecule has 0 saturated carbocycles. The van der Waals surface area contributed by atoms with Crippen molar-refractivity contribution in [3.8, 4) is 11.8 Å². The lowest BCUT2D eigenvalue weighted by Crippen LogP contribution is -2.32. The van der Waals surface area contributed by atoms with E-state index in [-0.39, 0.29) is 11.7 Å². The number of benzene rings is 2. The predicted octanol–water partition coefficient (Wildman–Crippen LogP) is 5.46. The van der Waals surface area contributed by atoms with Gasteiger partial charge in [-0.15, -0.1) is 0 Å². The van der Waals surface area contributed by atoms with Gasteiger partial charge in [0.05, 0.1) is 35.5 Å². The summed E-state index contributed by atoms with van der Waals surface area (Å²) in [7, 11) is 0. The van der Waals surface area contributed by atoms with Gasteiger partial charge >= 0.3 is 6.18 Å². The third-order valence-corrected chi connectivity index (χ3v) is 5.29. The molecule has 4 rings (SSSR count). The Labute approximate surface area is 189 Å². The van der Waals surface area contributed by atoms with E-state index in [0.717, 1.165) is 28.8 Å². The van der Waals surface area contributed by atoms with Gasteiger partial charge in [-0.2, -0.15) is 18.4 Å². The second-order valence-corrected chi connectivity index (χ2v) is 7.97. The van der Waals surface area contributed by atoms with Crippen LogP contribution >= 0.6 is 0 Å². The molecule has 0 spiro atoms. The number of anilines is 3. The number of nitrogens with zero attached hydrogens (tertiary/aromatic N) is 4. The number of nitrogens with one attached hydrogen (secondary N) is 1. The maximum atomic E-state index is 13.4. The van der Waals surface area contributed by atoms with E-state index < -0.39 is 11.7 Å². The van der Waals surface area contributed by atoms with E-state index in [4.69, 9.17) is 10.00 Å². The van der Waals surface area contributed by atoms with Gasteiger partial charge in [-0.25, -0.2) is 9.97 Å². The molecule has 0 bridgehead atoms. The number of hydrogen-bond acceptors (Lipinski definition) is 6. The summed E-state index contributed by atoms with van der Waals surface area (Å²) < 4.78 is 45.7. The van der Waals surface area contributed by atoms with E-state index in [1.165, 1.54) is 12.4 Å². The minimum Gasteiger partial charge on any atom is -0.491 e. The van der Waals surface area contributed by atoms with Crippen molar-refractivity contribution in [2.45, 2.75) is 39.1 Å². The fourth-order valence-corrected chi connectivity index (χ4v) is 3.77. The molecule has 6 nitrogen and oxygen atoms in total. The van der Waals surface area contributed by atoms with Crippen LogP contribution in [0.4, 0.5) is 30.4 Å². The van der Waals surface area contributed by atoms with Crippen LogP contribution in [0.3, 0.4) is 0 Å². The second kappa shape index (κ2) is 8.98. The molecule has 0 aliphatic carbocycles. The standard InChI is InChI=1S/C24H22F3N5O/c1-15(2)33-19-7-4-17(5-8-19)31-23-20-9-10-32(13-22(20)29-14-30-23)18-6-3-16(12-28)21(11-18)24(25,26)27/h3-8,11,14-15H,9-10,13H2,1-2H3,(H,29,30,31). The van der Waals surface area contributed by atoms with Crippen molar-refractivity contribution < 1.29 is 17.9 Å².